The quantitative estimate of drug-likeness (QED) is 0.280. The van der Waals surface area contributed by atoms with Gasteiger partial charge in [0, 0.05) is 5.57 Å². The topological polar surface area (TPSA) is 0 Å². The minimum absolute atomic E-state index is 0.274. The summed E-state index contributed by atoms with van der Waals surface area (Å²) in [4.78, 5) is 0. The molecule has 0 aliphatic rings. The second kappa shape index (κ2) is 24.6. The molecule has 38 heavy (non-hydrogen) atoms. The first kappa shape index (κ1) is 42.3. The Morgan fingerprint density at radius 1 is 0.789 bits per heavy atom. The highest BCUT2D eigenvalue weighted by Gasteiger charge is 2.15. The summed E-state index contributed by atoms with van der Waals surface area (Å²) in [6, 6.07) is 13.0. The molecule has 0 unspecified atom stereocenters. The van der Waals surface area contributed by atoms with Crippen LogP contribution in [0, 0.1) is 33.1 Å². The zero-order valence-electron chi connectivity index (χ0n) is 28.4. The highest BCUT2D eigenvalue weighted by atomic mass is 14.2. The summed E-state index contributed by atoms with van der Waals surface area (Å²) in [6.45, 7) is 39.2. The number of hydrogen-bond donors (Lipinski definition) is 0. The Morgan fingerprint density at radius 3 is 1.63 bits per heavy atom. The van der Waals surface area contributed by atoms with Crippen LogP contribution in [0.4, 0.5) is 0 Å². The van der Waals surface area contributed by atoms with Crippen LogP contribution in [0.15, 0.2) is 60.7 Å². The maximum atomic E-state index is 5.64. The fraction of sp³-hybridized carbons (Fsp3) is 0.474. The van der Waals surface area contributed by atoms with Crippen molar-refractivity contribution in [1.82, 2.24) is 0 Å². The van der Waals surface area contributed by atoms with Crippen molar-refractivity contribution in [2.45, 2.75) is 123 Å². The van der Waals surface area contributed by atoms with E-state index >= 15 is 0 Å². The SMILES string of the molecule is C#C/C(=C(C)\C=C/C)c1ccc(C(=C)C)cc1C.CC.CC.CC.CC.Cc1ccc(C)c(C(C)(C)C)c1. The highest BCUT2D eigenvalue weighted by Crippen LogP contribution is 2.26. The van der Waals surface area contributed by atoms with Gasteiger partial charge in [-0.3, -0.25) is 0 Å². The molecule has 0 bridgehead atoms. The predicted molar refractivity (Wildman–Crippen MR) is 182 cm³/mol. The molecule has 214 valence electrons. The van der Waals surface area contributed by atoms with Gasteiger partial charge in [-0.15, -0.1) is 6.42 Å². The maximum absolute atomic E-state index is 5.64. The van der Waals surface area contributed by atoms with Crippen molar-refractivity contribution >= 4 is 11.1 Å². The van der Waals surface area contributed by atoms with E-state index in [1.165, 1.54) is 22.3 Å². The van der Waals surface area contributed by atoms with E-state index in [0.717, 1.165) is 27.8 Å². The molecule has 0 heteroatoms. The van der Waals surface area contributed by atoms with Gasteiger partial charge in [0.05, 0.1) is 0 Å². The van der Waals surface area contributed by atoms with Crippen LogP contribution in [-0.4, -0.2) is 0 Å². The third kappa shape index (κ3) is 16.1. The average molecular weight is 519 g/mol. The lowest BCUT2D eigenvalue weighted by Crippen LogP contribution is -2.13. The van der Waals surface area contributed by atoms with Crippen LogP contribution in [-0.2, 0) is 5.41 Å². The van der Waals surface area contributed by atoms with Crippen LogP contribution in [0.3, 0.4) is 0 Å². The zero-order chi connectivity index (χ0) is 31.1. The van der Waals surface area contributed by atoms with Crippen LogP contribution >= 0.6 is 0 Å². The van der Waals surface area contributed by atoms with E-state index in [9.17, 15) is 0 Å². The monoisotopic (exact) mass is 518 g/mol. The van der Waals surface area contributed by atoms with Gasteiger partial charge in [0.1, 0.15) is 0 Å². The van der Waals surface area contributed by atoms with E-state index in [-0.39, 0.29) is 5.41 Å². The molecule has 2 aromatic rings. The van der Waals surface area contributed by atoms with Gasteiger partial charge in [-0.2, -0.15) is 0 Å². The van der Waals surface area contributed by atoms with Gasteiger partial charge in [0.25, 0.3) is 0 Å². The van der Waals surface area contributed by atoms with E-state index in [1.54, 1.807) is 0 Å². The number of aryl methyl sites for hydroxylation is 3. The maximum Gasteiger partial charge on any atom is 0.0346 e. The van der Waals surface area contributed by atoms with Gasteiger partial charge >= 0.3 is 0 Å². The highest BCUT2D eigenvalue weighted by molar-refractivity contribution is 5.84. The zero-order valence-corrected chi connectivity index (χ0v) is 28.4. The molecule has 2 aromatic carbocycles. The lowest BCUT2D eigenvalue weighted by molar-refractivity contribution is 0.585. The van der Waals surface area contributed by atoms with Crippen LogP contribution in [0.2, 0.25) is 0 Å². The van der Waals surface area contributed by atoms with E-state index in [2.05, 4.69) is 90.4 Å². The van der Waals surface area contributed by atoms with Crippen LogP contribution < -0.4 is 0 Å². The largest absolute Gasteiger partial charge is 0.115 e. The Morgan fingerprint density at radius 2 is 1.29 bits per heavy atom. The second-order valence-corrected chi connectivity index (χ2v) is 9.08. The molecule has 0 saturated heterocycles. The van der Waals surface area contributed by atoms with Gasteiger partial charge < -0.3 is 0 Å². The molecule has 0 N–H and O–H groups in total. The molecule has 0 atom stereocenters. The van der Waals surface area contributed by atoms with Crippen molar-refractivity contribution in [3.63, 3.8) is 0 Å². The van der Waals surface area contributed by atoms with Gasteiger partial charge in [0.15, 0.2) is 0 Å². The van der Waals surface area contributed by atoms with E-state index in [0.29, 0.717) is 0 Å². The average Bonchev–Trinajstić information content (AvgIpc) is 2.91. The molecule has 0 nitrogen and oxygen atoms in total. The van der Waals surface area contributed by atoms with Gasteiger partial charge in [-0.1, -0.05) is 148 Å². The van der Waals surface area contributed by atoms with Crippen molar-refractivity contribution in [2.24, 2.45) is 0 Å². The number of hydrogen-bond acceptors (Lipinski definition) is 0. The third-order valence-electron chi connectivity index (χ3n) is 5.14. The first-order valence-corrected chi connectivity index (χ1v) is 14.6. The molecule has 0 amide bonds. The molecule has 0 aliphatic heterocycles. The first-order valence-electron chi connectivity index (χ1n) is 14.6. The summed E-state index contributed by atoms with van der Waals surface area (Å²) >= 11 is 0. The number of allylic oxidation sites excluding steroid dienone is 5. The summed E-state index contributed by atoms with van der Waals surface area (Å²) in [6.07, 6.45) is 9.69. The third-order valence-corrected chi connectivity index (χ3v) is 5.14. The molecular weight excluding hydrogens is 456 g/mol. The van der Waals surface area contributed by atoms with E-state index in [1.807, 2.05) is 88.3 Å². The molecule has 0 spiro atoms. The second-order valence-electron chi connectivity index (χ2n) is 9.08. The Balaban J connectivity index is -0.000000250. The van der Waals surface area contributed by atoms with E-state index < -0.39 is 0 Å². The Kier molecular flexibility index (Phi) is 27.3. The van der Waals surface area contributed by atoms with E-state index in [4.69, 9.17) is 6.42 Å². The van der Waals surface area contributed by atoms with Crippen molar-refractivity contribution < 1.29 is 0 Å². The van der Waals surface area contributed by atoms with Gasteiger partial charge in [-0.25, -0.2) is 0 Å². The van der Waals surface area contributed by atoms with Crippen LogP contribution in [0.5, 0.6) is 0 Å². The summed E-state index contributed by atoms with van der Waals surface area (Å²) in [7, 11) is 0. The smallest absolute Gasteiger partial charge is 0.0346 e. The molecule has 0 aromatic heterocycles. The lowest BCUT2D eigenvalue weighted by atomic mass is 9.83. The molecule has 0 saturated carbocycles. The Labute approximate surface area is 240 Å². The van der Waals surface area contributed by atoms with Gasteiger partial charge in [-0.05, 0) is 80.3 Å². The van der Waals surface area contributed by atoms with Crippen molar-refractivity contribution in [2.75, 3.05) is 0 Å². The minimum Gasteiger partial charge on any atom is -0.115 e. The molecule has 0 fully saturated rings. The summed E-state index contributed by atoms with van der Waals surface area (Å²) < 4.78 is 0. The van der Waals surface area contributed by atoms with Crippen molar-refractivity contribution in [3.05, 3.63) is 94.1 Å². The van der Waals surface area contributed by atoms with Crippen molar-refractivity contribution in [1.29, 1.82) is 0 Å². The fourth-order valence-corrected chi connectivity index (χ4v) is 3.49. The predicted octanol–water partition coefficient (Wildman–Crippen LogP) is 12.7. The van der Waals surface area contributed by atoms with Gasteiger partial charge in [0.2, 0.25) is 0 Å². The van der Waals surface area contributed by atoms with Crippen molar-refractivity contribution in [3.8, 4) is 12.3 Å². The lowest BCUT2D eigenvalue weighted by Gasteiger charge is -2.22. The molecule has 2 rings (SSSR count). The molecule has 0 radical (unpaired) electrons. The number of rotatable bonds is 3. The number of terminal acetylenes is 1. The fourth-order valence-electron chi connectivity index (χ4n) is 3.49. The standard InChI is InChI=1S/C18H20.C12H18.4C2H6/c1-7-9-14(5)17(8-2)18-11-10-16(13(3)4)12-15(18)6;1-9-6-7-10(2)11(8-9)12(3,4)5;4*1-2/h2,7,9-12H,3H2,1,4-6H3;6-8H,1-5H3;4*1-2H3/b9-7-,17-14+;;;;;. The first-order chi connectivity index (χ1) is 17.9. The molecular formula is C38H62. The summed E-state index contributed by atoms with van der Waals surface area (Å²) in [5.41, 5.74) is 11.1. The van der Waals surface area contributed by atoms with Crippen LogP contribution in [0.1, 0.15) is 130 Å². The number of benzene rings is 2. The summed E-state index contributed by atoms with van der Waals surface area (Å²) in [5, 5.41) is 0. The van der Waals surface area contributed by atoms with Crippen LogP contribution in [0.25, 0.3) is 11.1 Å². The molecule has 0 heterocycles. The Bertz CT molecular complexity index is 995. The Hall–Kier alpha value is -2.78. The normalized spacial score (nSPS) is 10.1. The summed E-state index contributed by atoms with van der Waals surface area (Å²) in [5.74, 6) is 2.80. The molecule has 0 aliphatic carbocycles. The minimum atomic E-state index is 0.274.